The number of phenolic OH excluding ortho intramolecular Hbond substituents is 1. The van der Waals surface area contributed by atoms with Crippen LogP contribution in [0.3, 0.4) is 0 Å². The Kier molecular flexibility index (Phi) is 7.52. The number of nitrogens with zero attached hydrogens (tertiary/aromatic N) is 3. The Hall–Kier alpha value is -4.05. The molecule has 0 atom stereocenters. The molecule has 10 heteroatoms. The lowest BCUT2D eigenvalue weighted by molar-refractivity contribution is -0.384. The van der Waals surface area contributed by atoms with Crippen molar-refractivity contribution in [1.29, 1.82) is 0 Å². The zero-order chi connectivity index (χ0) is 24.0. The predicted molar refractivity (Wildman–Crippen MR) is 130 cm³/mol. The minimum atomic E-state index is -0.443. The summed E-state index contributed by atoms with van der Waals surface area (Å²) in [6, 6.07) is 11.6. The molecule has 2 aromatic carbocycles. The summed E-state index contributed by atoms with van der Waals surface area (Å²) in [5.74, 6) is -0.107. The molecule has 0 saturated carbocycles. The summed E-state index contributed by atoms with van der Waals surface area (Å²) in [4.78, 5) is 27.9. The van der Waals surface area contributed by atoms with Gasteiger partial charge in [-0.05, 0) is 49.2 Å². The number of aromatic nitrogens is 1. The van der Waals surface area contributed by atoms with E-state index in [1.54, 1.807) is 63.3 Å². The first-order chi connectivity index (χ1) is 15.8. The summed E-state index contributed by atoms with van der Waals surface area (Å²) in [6.07, 6.45) is 3.75. The van der Waals surface area contributed by atoms with Gasteiger partial charge in [-0.1, -0.05) is 42.5 Å². The molecule has 0 aliphatic carbocycles. The molecular formula is C23H23N5O4S. The Bertz CT molecular complexity index is 1250. The van der Waals surface area contributed by atoms with Crippen molar-refractivity contribution in [1.82, 2.24) is 10.4 Å². The molecule has 170 valence electrons. The highest BCUT2D eigenvalue weighted by molar-refractivity contribution is 7.17. The van der Waals surface area contributed by atoms with E-state index in [-0.39, 0.29) is 23.8 Å². The molecule has 0 aliphatic heterocycles. The van der Waals surface area contributed by atoms with E-state index in [1.165, 1.54) is 17.4 Å². The lowest BCUT2D eigenvalue weighted by Gasteiger charge is -2.04. The molecule has 3 aromatic rings. The third kappa shape index (κ3) is 6.23. The maximum absolute atomic E-state index is 11.8. The Morgan fingerprint density at radius 3 is 2.76 bits per heavy atom. The van der Waals surface area contributed by atoms with Crippen LogP contribution in [-0.4, -0.2) is 26.6 Å². The molecule has 1 aromatic heterocycles. The average molecular weight is 466 g/mol. The second kappa shape index (κ2) is 10.5. The summed E-state index contributed by atoms with van der Waals surface area (Å²) in [5, 5.41) is 28.8. The number of aromatic hydroxyl groups is 1. The van der Waals surface area contributed by atoms with Crippen LogP contribution < -0.4 is 10.7 Å². The highest BCUT2D eigenvalue weighted by Crippen LogP contribution is 2.32. The van der Waals surface area contributed by atoms with Crippen molar-refractivity contribution in [2.24, 2.45) is 5.10 Å². The second-order valence-corrected chi connectivity index (χ2v) is 8.15. The number of phenols is 1. The van der Waals surface area contributed by atoms with Crippen molar-refractivity contribution < 1.29 is 14.8 Å². The average Bonchev–Trinajstić information content (AvgIpc) is 3.14. The SMILES string of the molecule is CCC(=O)N/N=C(/C=C\c1cccc(O)c1)c1sc(Nc2ccc(C)cc2[N+](=O)[O-])nc1C. The largest absolute Gasteiger partial charge is 0.508 e. The summed E-state index contributed by atoms with van der Waals surface area (Å²) in [7, 11) is 0. The van der Waals surface area contributed by atoms with E-state index < -0.39 is 4.92 Å². The number of nitro groups is 1. The molecule has 0 saturated heterocycles. The van der Waals surface area contributed by atoms with Crippen LogP contribution in [0.15, 0.2) is 53.6 Å². The van der Waals surface area contributed by atoms with Gasteiger partial charge in [0.05, 0.1) is 15.5 Å². The molecule has 33 heavy (non-hydrogen) atoms. The van der Waals surface area contributed by atoms with Crippen LogP contribution in [0.1, 0.15) is 35.0 Å². The number of nitro benzene ring substituents is 1. The summed E-state index contributed by atoms with van der Waals surface area (Å²) >= 11 is 1.26. The number of aryl methyl sites for hydroxylation is 2. The Morgan fingerprint density at radius 1 is 1.27 bits per heavy atom. The van der Waals surface area contributed by atoms with Gasteiger partial charge in [0.1, 0.15) is 17.1 Å². The van der Waals surface area contributed by atoms with E-state index in [1.807, 2.05) is 6.07 Å². The van der Waals surface area contributed by atoms with Crippen LogP contribution in [0.5, 0.6) is 5.75 Å². The Morgan fingerprint density at radius 2 is 2.06 bits per heavy atom. The number of hydrogen-bond acceptors (Lipinski definition) is 8. The summed E-state index contributed by atoms with van der Waals surface area (Å²) < 4.78 is 0. The van der Waals surface area contributed by atoms with Crippen LogP contribution in [0.2, 0.25) is 0 Å². The Labute approximate surface area is 194 Å². The van der Waals surface area contributed by atoms with Crippen molar-refractivity contribution in [3.05, 3.63) is 80.4 Å². The van der Waals surface area contributed by atoms with Gasteiger partial charge in [-0.15, -0.1) is 0 Å². The van der Waals surface area contributed by atoms with Crippen LogP contribution >= 0.6 is 11.3 Å². The van der Waals surface area contributed by atoms with Gasteiger partial charge in [-0.25, -0.2) is 10.4 Å². The molecule has 0 unspecified atom stereocenters. The van der Waals surface area contributed by atoms with Crippen molar-refractivity contribution in [2.75, 3.05) is 5.32 Å². The number of carbonyl (C=O) groups excluding carboxylic acids is 1. The number of benzene rings is 2. The van der Waals surface area contributed by atoms with E-state index in [4.69, 9.17) is 0 Å². The fourth-order valence-corrected chi connectivity index (χ4v) is 3.82. The molecule has 0 spiro atoms. The number of nitrogens with one attached hydrogen (secondary N) is 2. The zero-order valence-electron chi connectivity index (χ0n) is 18.3. The molecule has 9 nitrogen and oxygen atoms in total. The van der Waals surface area contributed by atoms with E-state index >= 15 is 0 Å². The minimum Gasteiger partial charge on any atom is -0.508 e. The predicted octanol–water partition coefficient (Wildman–Crippen LogP) is 5.06. The third-order valence-corrected chi connectivity index (χ3v) is 5.64. The normalized spacial score (nSPS) is 11.5. The number of hydrogen-bond donors (Lipinski definition) is 3. The van der Waals surface area contributed by atoms with Gasteiger partial charge in [0, 0.05) is 12.5 Å². The van der Waals surface area contributed by atoms with Crippen molar-refractivity contribution in [3.8, 4) is 5.75 Å². The number of rotatable bonds is 8. The molecule has 0 radical (unpaired) electrons. The molecule has 1 amide bonds. The number of carbonyl (C=O) groups is 1. The number of hydrazone groups is 1. The first kappa shape index (κ1) is 23.6. The lowest BCUT2D eigenvalue weighted by Crippen LogP contribution is -2.18. The number of thiazole rings is 1. The van der Waals surface area contributed by atoms with Gasteiger partial charge in [-0.2, -0.15) is 5.10 Å². The van der Waals surface area contributed by atoms with Crippen LogP contribution in [0, 0.1) is 24.0 Å². The van der Waals surface area contributed by atoms with Crippen LogP contribution in [-0.2, 0) is 4.79 Å². The van der Waals surface area contributed by atoms with Crippen LogP contribution in [0.4, 0.5) is 16.5 Å². The molecule has 0 fully saturated rings. The highest BCUT2D eigenvalue weighted by Gasteiger charge is 2.18. The monoisotopic (exact) mass is 465 g/mol. The number of anilines is 2. The quantitative estimate of drug-likeness (QED) is 0.242. The van der Waals surface area contributed by atoms with Gasteiger partial charge >= 0.3 is 0 Å². The van der Waals surface area contributed by atoms with E-state index in [2.05, 4.69) is 20.8 Å². The molecular weight excluding hydrogens is 442 g/mol. The topological polar surface area (TPSA) is 130 Å². The maximum atomic E-state index is 11.8. The van der Waals surface area contributed by atoms with Crippen molar-refractivity contribution in [3.63, 3.8) is 0 Å². The van der Waals surface area contributed by atoms with Gasteiger partial charge in [0.25, 0.3) is 5.69 Å². The van der Waals surface area contributed by atoms with Crippen molar-refractivity contribution >= 4 is 45.5 Å². The highest BCUT2D eigenvalue weighted by atomic mass is 32.1. The van der Waals surface area contributed by atoms with Crippen LogP contribution in [0.25, 0.3) is 6.08 Å². The Balaban J connectivity index is 1.95. The summed E-state index contributed by atoms with van der Waals surface area (Å²) in [6.45, 7) is 5.30. The molecule has 1 heterocycles. The molecule has 0 aliphatic rings. The van der Waals surface area contributed by atoms with Crippen molar-refractivity contribution in [2.45, 2.75) is 27.2 Å². The number of allylic oxidation sites excluding steroid dienone is 1. The van der Waals surface area contributed by atoms with E-state index in [0.717, 1.165) is 11.1 Å². The van der Waals surface area contributed by atoms with E-state index in [9.17, 15) is 20.0 Å². The van der Waals surface area contributed by atoms with Gasteiger partial charge in [0.15, 0.2) is 5.13 Å². The molecule has 0 bridgehead atoms. The fraction of sp³-hybridized carbons (Fsp3) is 0.174. The minimum absolute atomic E-state index is 0.0442. The second-order valence-electron chi connectivity index (χ2n) is 7.15. The molecule has 3 N–H and O–H groups in total. The van der Waals surface area contributed by atoms with Gasteiger partial charge < -0.3 is 10.4 Å². The van der Waals surface area contributed by atoms with Gasteiger partial charge in [0.2, 0.25) is 5.91 Å². The maximum Gasteiger partial charge on any atom is 0.292 e. The first-order valence-electron chi connectivity index (χ1n) is 10.1. The number of amides is 1. The zero-order valence-corrected chi connectivity index (χ0v) is 19.1. The van der Waals surface area contributed by atoms with Gasteiger partial charge in [-0.3, -0.25) is 14.9 Å². The summed E-state index contributed by atoms with van der Waals surface area (Å²) in [5.41, 5.74) is 5.43. The van der Waals surface area contributed by atoms with E-state index in [0.29, 0.717) is 27.1 Å². The molecule has 3 rings (SSSR count). The standard InChI is InChI=1S/C23H23N5O4S/c1-4-21(30)27-26-19(11-9-16-6-5-7-17(29)13-16)22-15(3)24-23(33-22)25-18-10-8-14(2)12-20(18)28(31)32/h5-13,29H,4H2,1-3H3,(H,24,25)(H,27,30)/b11-9-,26-19-. The fourth-order valence-electron chi connectivity index (χ4n) is 2.87. The first-order valence-corrected chi connectivity index (χ1v) is 10.9. The third-order valence-electron chi connectivity index (χ3n) is 4.55. The lowest BCUT2D eigenvalue weighted by atomic mass is 10.1. The smallest absolute Gasteiger partial charge is 0.292 e.